The highest BCUT2D eigenvalue weighted by molar-refractivity contribution is 5.44. The SMILES string of the molecule is CCCNc1ncc(F)c(N2CCC(COC)CC2)n1. The molecule has 0 aliphatic carbocycles. The number of aromatic nitrogens is 2. The largest absolute Gasteiger partial charge is 0.384 e. The van der Waals surface area contributed by atoms with Gasteiger partial charge in [0.25, 0.3) is 0 Å². The van der Waals surface area contributed by atoms with Gasteiger partial charge in [0.2, 0.25) is 5.95 Å². The van der Waals surface area contributed by atoms with Gasteiger partial charge in [0.15, 0.2) is 11.6 Å². The number of nitrogens with one attached hydrogen (secondary N) is 1. The molecule has 112 valence electrons. The normalized spacial score (nSPS) is 16.4. The zero-order chi connectivity index (χ0) is 14.4. The maximum Gasteiger partial charge on any atom is 0.224 e. The Bertz CT molecular complexity index is 422. The highest BCUT2D eigenvalue weighted by atomic mass is 19.1. The number of anilines is 2. The van der Waals surface area contributed by atoms with Gasteiger partial charge >= 0.3 is 0 Å². The van der Waals surface area contributed by atoms with E-state index in [-0.39, 0.29) is 5.82 Å². The van der Waals surface area contributed by atoms with Crippen LogP contribution in [0.3, 0.4) is 0 Å². The maximum absolute atomic E-state index is 13.9. The molecule has 1 N–H and O–H groups in total. The fraction of sp³-hybridized carbons (Fsp3) is 0.714. The molecule has 1 aromatic rings. The Labute approximate surface area is 119 Å². The summed E-state index contributed by atoms with van der Waals surface area (Å²) < 4.78 is 19.1. The zero-order valence-electron chi connectivity index (χ0n) is 12.2. The number of piperidine rings is 1. The molecule has 1 saturated heterocycles. The topological polar surface area (TPSA) is 50.3 Å². The van der Waals surface area contributed by atoms with Crippen LogP contribution in [0.1, 0.15) is 26.2 Å². The summed E-state index contributed by atoms with van der Waals surface area (Å²) in [6, 6.07) is 0. The van der Waals surface area contributed by atoms with Crippen LogP contribution < -0.4 is 10.2 Å². The second kappa shape index (κ2) is 7.38. The monoisotopic (exact) mass is 282 g/mol. The van der Waals surface area contributed by atoms with Gasteiger partial charge < -0.3 is 15.0 Å². The van der Waals surface area contributed by atoms with E-state index in [1.165, 1.54) is 6.20 Å². The highest BCUT2D eigenvalue weighted by Gasteiger charge is 2.22. The van der Waals surface area contributed by atoms with Crippen LogP contribution in [0.5, 0.6) is 0 Å². The van der Waals surface area contributed by atoms with Crippen molar-refractivity contribution in [1.82, 2.24) is 9.97 Å². The second-order valence-corrected chi connectivity index (χ2v) is 5.18. The molecular weight excluding hydrogens is 259 g/mol. The summed E-state index contributed by atoms with van der Waals surface area (Å²) in [5.41, 5.74) is 0. The van der Waals surface area contributed by atoms with Gasteiger partial charge in [-0.2, -0.15) is 4.98 Å². The zero-order valence-corrected chi connectivity index (χ0v) is 12.2. The fourth-order valence-electron chi connectivity index (χ4n) is 2.45. The van der Waals surface area contributed by atoms with E-state index in [9.17, 15) is 4.39 Å². The first-order valence-electron chi connectivity index (χ1n) is 7.25. The average molecular weight is 282 g/mol. The van der Waals surface area contributed by atoms with Crippen molar-refractivity contribution in [1.29, 1.82) is 0 Å². The van der Waals surface area contributed by atoms with Crippen LogP contribution in [0.2, 0.25) is 0 Å². The smallest absolute Gasteiger partial charge is 0.224 e. The van der Waals surface area contributed by atoms with E-state index >= 15 is 0 Å². The van der Waals surface area contributed by atoms with Crippen molar-refractivity contribution < 1.29 is 9.13 Å². The third kappa shape index (κ3) is 3.79. The third-order valence-electron chi connectivity index (χ3n) is 3.58. The lowest BCUT2D eigenvalue weighted by molar-refractivity contribution is 0.139. The number of hydrogen-bond donors (Lipinski definition) is 1. The standard InChI is InChI=1S/C14H23FN4O/c1-3-6-16-14-17-9-12(15)13(18-14)19-7-4-11(5-8-19)10-20-2/h9,11H,3-8,10H2,1-2H3,(H,16,17,18). The molecule has 0 radical (unpaired) electrons. The van der Waals surface area contributed by atoms with Crippen LogP contribution in [-0.4, -0.2) is 43.3 Å². The van der Waals surface area contributed by atoms with Crippen molar-refractivity contribution in [2.24, 2.45) is 5.92 Å². The summed E-state index contributed by atoms with van der Waals surface area (Å²) in [6.07, 6.45) is 4.25. The Hall–Kier alpha value is -1.43. The molecule has 0 bridgehead atoms. The van der Waals surface area contributed by atoms with Crippen LogP contribution in [0.25, 0.3) is 0 Å². The van der Waals surface area contributed by atoms with Crippen molar-refractivity contribution in [3.8, 4) is 0 Å². The Balaban J connectivity index is 2.01. The molecule has 0 saturated carbocycles. The fourth-order valence-corrected chi connectivity index (χ4v) is 2.45. The Morgan fingerprint density at radius 1 is 1.45 bits per heavy atom. The summed E-state index contributed by atoms with van der Waals surface area (Å²) in [6.45, 7) is 5.27. The van der Waals surface area contributed by atoms with Gasteiger partial charge in [-0.25, -0.2) is 9.37 Å². The molecule has 2 heterocycles. The molecular formula is C14H23FN4O. The number of hydrogen-bond acceptors (Lipinski definition) is 5. The predicted octanol–water partition coefficient (Wildman–Crippen LogP) is 2.30. The molecule has 2 rings (SSSR count). The minimum Gasteiger partial charge on any atom is -0.384 e. The van der Waals surface area contributed by atoms with Crippen molar-refractivity contribution in [3.63, 3.8) is 0 Å². The Kier molecular flexibility index (Phi) is 5.52. The van der Waals surface area contributed by atoms with E-state index in [1.807, 2.05) is 4.90 Å². The summed E-state index contributed by atoms with van der Waals surface area (Å²) in [5, 5.41) is 3.09. The second-order valence-electron chi connectivity index (χ2n) is 5.18. The first-order chi connectivity index (χ1) is 9.74. The minimum atomic E-state index is -0.350. The molecule has 1 aromatic heterocycles. The molecule has 0 spiro atoms. The van der Waals surface area contributed by atoms with Gasteiger partial charge in [-0.3, -0.25) is 0 Å². The number of methoxy groups -OCH3 is 1. The molecule has 0 aromatic carbocycles. The van der Waals surface area contributed by atoms with Crippen LogP contribution >= 0.6 is 0 Å². The molecule has 0 unspecified atom stereocenters. The van der Waals surface area contributed by atoms with E-state index in [1.54, 1.807) is 7.11 Å². The van der Waals surface area contributed by atoms with Gasteiger partial charge in [0.1, 0.15) is 0 Å². The summed E-state index contributed by atoms with van der Waals surface area (Å²) >= 11 is 0. The van der Waals surface area contributed by atoms with Crippen molar-refractivity contribution in [3.05, 3.63) is 12.0 Å². The van der Waals surface area contributed by atoms with E-state index in [0.717, 1.165) is 45.5 Å². The summed E-state index contributed by atoms with van der Waals surface area (Å²) in [4.78, 5) is 10.3. The van der Waals surface area contributed by atoms with Gasteiger partial charge in [-0.05, 0) is 25.2 Å². The lowest BCUT2D eigenvalue weighted by atomic mass is 9.98. The van der Waals surface area contributed by atoms with E-state index in [0.29, 0.717) is 17.7 Å². The van der Waals surface area contributed by atoms with Gasteiger partial charge in [0, 0.05) is 33.4 Å². The Morgan fingerprint density at radius 3 is 2.85 bits per heavy atom. The third-order valence-corrected chi connectivity index (χ3v) is 3.58. The minimum absolute atomic E-state index is 0.350. The van der Waals surface area contributed by atoms with Crippen molar-refractivity contribution in [2.45, 2.75) is 26.2 Å². The quantitative estimate of drug-likeness (QED) is 0.867. The highest BCUT2D eigenvalue weighted by Crippen LogP contribution is 2.24. The number of nitrogens with zero attached hydrogens (tertiary/aromatic N) is 3. The lowest BCUT2D eigenvalue weighted by Gasteiger charge is -2.32. The number of ether oxygens (including phenoxy) is 1. The molecule has 6 heteroatoms. The molecule has 0 amide bonds. The molecule has 1 aliphatic rings. The van der Waals surface area contributed by atoms with Crippen molar-refractivity contribution in [2.75, 3.05) is 43.6 Å². The lowest BCUT2D eigenvalue weighted by Crippen LogP contribution is -2.36. The van der Waals surface area contributed by atoms with E-state index < -0.39 is 0 Å². The van der Waals surface area contributed by atoms with Crippen LogP contribution in [0, 0.1) is 11.7 Å². The summed E-state index contributed by atoms with van der Waals surface area (Å²) in [5.74, 6) is 1.13. The summed E-state index contributed by atoms with van der Waals surface area (Å²) in [7, 11) is 1.72. The Morgan fingerprint density at radius 2 is 2.20 bits per heavy atom. The van der Waals surface area contributed by atoms with Crippen LogP contribution in [0.15, 0.2) is 6.20 Å². The van der Waals surface area contributed by atoms with E-state index in [4.69, 9.17) is 4.74 Å². The maximum atomic E-state index is 13.9. The molecule has 5 nitrogen and oxygen atoms in total. The van der Waals surface area contributed by atoms with Crippen molar-refractivity contribution >= 4 is 11.8 Å². The molecule has 0 atom stereocenters. The van der Waals surface area contributed by atoms with Gasteiger partial charge in [-0.15, -0.1) is 0 Å². The molecule has 1 aliphatic heterocycles. The predicted molar refractivity (Wildman–Crippen MR) is 77.6 cm³/mol. The van der Waals surface area contributed by atoms with Gasteiger partial charge in [0.05, 0.1) is 6.20 Å². The first kappa shape index (κ1) is 15.0. The molecule has 20 heavy (non-hydrogen) atoms. The first-order valence-corrected chi connectivity index (χ1v) is 7.25. The van der Waals surface area contributed by atoms with E-state index in [2.05, 4.69) is 22.2 Å². The molecule has 1 fully saturated rings. The van der Waals surface area contributed by atoms with Crippen LogP contribution in [-0.2, 0) is 4.74 Å². The van der Waals surface area contributed by atoms with Crippen LogP contribution in [0.4, 0.5) is 16.2 Å². The average Bonchev–Trinajstić information content (AvgIpc) is 2.48. The van der Waals surface area contributed by atoms with Gasteiger partial charge in [-0.1, -0.05) is 6.92 Å². The number of halogens is 1. The number of rotatable bonds is 6.